The van der Waals surface area contributed by atoms with Gasteiger partial charge in [0.1, 0.15) is 0 Å². The zero-order valence-electron chi connectivity index (χ0n) is 14.2. The minimum atomic E-state index is -4.51. The highest BCUT2D eigenvalue weighted by atomic mass is 19.4. The van der Waals surface area contributed by atoms with Crippen molar-refractivity contribution in [3.63, 3.8) is 0 Å². The summed E-state index contributed by atoms with van der Waals surface area (Å²) < 4.78 is 39.1. The fraction of sp³-hybridized carbons (Fsp3) is 0.706. The van der Waals surface area contributed by atoms with Gasteiger partial charge in [0.2, 0.25) is 11.8 Å². The number of carbonyl (C=O) groups excluding carboxylic acids is 2. The second-order valence-corrected chi connectivity index (χ2v) is 7.54. The van der Waals surface area contributed by atoms with Crippen LogP contribution in [0.5, 0.6) is 0 Å². The number of nitrogens with zero attached hydrogens (tertiary/aromatic N) is 2. The molecule has 4 rings (SSSR count). The summed E-state index contributed by atoms with van der Waals surface area (Å²) in [6.07, 6.45) is -0.593. The van der Waals surface area contributed by atoms with Crippen LogP contribution in [0.25, 0.3) is 0 Å². The van der Waals surface area contributed by atoms with Crippen molar-refractivity contribution in [1.29, 1.82) is 0 Å². The molecule has 1 aromatic heterocycles. The number of rotatable bonds is 3. The number of carbonyl (C=O) groups is 2. The zero-order valence-corrected chi connectivity index (χ0v) is 14.2. The van der Waals surface area contributed by atoms with Crippen molar-refractivity contribution in [3.05, 3.63) is 17.0 Å². The summed E-state index contributed by atoms with van der Waals surface area (Å²) in [5.74, 6) is -0.411. The van der Waals surface area contributed by atoms with Gasteiger partial charge in [-0.2, -0.15) is 18.3 Å². The molecular weight excluding hydrogens is 349 g/mol. The summed E-state index contributed by atoms with van der Waals surface area (Å²) in [4.78, 5) is 26.2. The predicted molar refractivity (Wildman–Crippen MR) is 85.0 cm³/mol. The monoisotopic (exact) mass is 370 g/mol. The number of aryl methyl sites for hydroxylation is 1. The molecule has 142 valence electrons. The van der Waals surface area contributed by atoms with Crippen LogP contribution in [0.3, 0.4) is 0 Å². The number of amides is 2. The van der Waals surface area contributed by atoms with E-state index in [1.54, 1.807) is 4.90 Å². The normalized spacial score (nSPS) is 23.8. The van der Waals surface area contributed by atoms with E-state index in [1.807, 2.05) is 0 Å². The van der Waals surface area contributed by atoms with Gasteiger partial charge in [-0.05, 0) is 32.1 Å². The van der Waals surface area contributed by atoms with Crippen molar-refractivity contribution in [2.45, 2.75) is 50.7 Å². The van der Waals surface area contributed by atoms with Crippen LogP contribution in [0.1, 0.15) is 42.6 Å². The molecular formula is C17H21F3N4O2. The average molecular weight is 370 g/mol. The number of hydrogen-bond donors (Lipinski definition) is 2. The lowest BCUT2D eigenvalue weighted by Crippen LogP contribution is -2.63. The number of fused-ring (bicyclic) bond motifs is 1. The van der Waals surface area contributed by atoms with Gasteiger partial charge in [-0.1, -0.05) is 6.42 Å². The molecule has 1 saturated heterocycles. The molecule has 2 heterocycles. The number of halogens is 3. The lowest BCUT2D eigenvalue weighted by Gasteiger charge is -2.42. The maximum absolute atomic E-state index is 13.0. The fourth-order valence-corrected chi connectivity index (χ4v) is 3.94. The van der Waals surface area contributed by atoms with E-state index in [1.165, 1.54) is 0 Å². The molecule has 3 aliphatic rings. The van der Waals surface area contributed by atoms with E-state index in [0.29, 0.717) is 31.6 Å². The van der Waals surface area contributed by atoms with Gasteiger partial charge in [-0.3, -0.25) is 14.7 Å². The Hall–Kier alpha value is -2.06. The highest BCUT2D eigenvalue weighted by molar-refractivity contribution is 5.82. The first-order valence-corrected chi connectivity index (χ1v) is 9.05. The first kappa shape index (κ1) is 17.4. The molecule has 1 aliphatic heterocycles. The maximum atomic E-state index is 13.0. The molecule has 2 fully saturated rings. The first-order valence-electron chi connectivity index (χ1n) is 9.05. The van der Waals surface area contributed by atoms with Gasteiger partial charge in [-0.25, -0.2) is 0 Å². The highest BCUT2D eigenvalue weighted by Gasteiger charge is 2.42. The maximum Gasteiger partial charge on any atom is 0.435 e. The third kappa shape index (κ3) is 3.07. The van der Waals surface area contributed by atoms with Gasteiger partial charge in [0, 0.05) is 36.2 Å². The van der Waals surface area contributed by atoms with Crippen LogP contribution in [-0.4, -0.2) is 46.0 Å². The lowest BCUT2D eigenvalue weighted by molar-refractivity contribution is -0.145. The molecule has 1 unspecified atom stereocenters. The quantitative estimate of drug-likeness (QED) is 0.850. The van der Waals surface area contributed by atoms with E-state index in [9.17, 15) is 22.8 Å². The van der Waals surface area contributed by atoms with Crippen molar-refractivity contribution in [2.75, 3.05) is 13.1 Å². The Labute approximate surface area is 148 Å². The molecule has 1 saturated carbocycles. The molecule has 0 spiro atoms. The third-order valence-corrected chi connectivity index (χ3v) is 5.78. The minimum Gasteiger partial charge on any atom is -0.350 e. The number of hydrogen-bond acceptors (Lipinski definition) is 3. The molecule has 0 aromatic carbocycles. The average Bonchev–Trinajstić information content (AvgIpc) is 2.91. The number of likely N-dealkylation sites (tertiary alicyclic amines) is 1. The number of alkyl halides is 3. The van der Waals surface area contributed by atoms with Crippen molar-refractivity contribution in [1.82, 2.24) is 20.4 Å². The van der Waals surface area contributed by atoms with E-state index in [-0.39, 0.29) is 35.8 Å². The Balaban J connectivity index is 1.33. The molecule has 0 bridgehead atoms. The van der Waals surface area contributed by atoms with E-state index < -0.39 is 17.8 Å². The summed E-state index contributed by atoms with van der Waals surface area (Å²) in [7, 11) is 0. The number of nitrogens with one attached hydrogen (secondary N) is 2. The standard InChI is InChI=1S/C17H21F3N4O2/c18-17(19,20)14-12-6-10(4-5-13(12)22-23-14)16(26)24-7-11(8-24)21-15(25)9-2-1-3-9/h9-11H,1-8H2,(H,21,25)(H,22,23). The second kappa shape index (κ2) is 6.28. The Morgan fingerprint density at radius 1 is 1.15 bits per heavy atom. The second-order valence-electron chi connectivity index (χ2n) is 7.54. The van der Waals surface area contributed by atoms with Gasteiger partial charge < -0.3 is 10.2 Å². The predicted octanol–water partition coefficient (Wildman–Crippen LogP) is 1.66. The largest absolute Gasteiger partial charge is 0.435 e. The van der Waals surface area contributed by atoms with Gasteiger partial charge in [0.25, 0.3) is 0 Å². The summed E-state index contributed by atoms with van der Waals surface area (Å²) >= 11 is 0. The summed E-state index contributed by atoms with van der Waals surface area (Å²) in [5, 5.41) is 8.80. The van der Waals surface area contributed by atoms with Crippen molar-refractivity contribution < 1.29 is 22.8 Å². The fourth-order valence-electron chi connectivity index (χ4n) is 3.94. The van der Waals surface area contributed by atoms with Crippen LogP contribution in [0.15, 0.2) is 0 Å². The molecule has 2 aliphatic carbocycles. The van der Waals surface area contributed by atoms with Crippen LogP contribution >= 0.6 is 0 Å². The minimum absolute atomic E-state index is 0.0362. The van der Waals surface area contributed by atoms with E-state index in [0.717, 1.165) is 19.3 Å². The van der Waals surface area contributed by atoms with Crippen LogP contribution in [-0.2, 0) is 28.6 Å². The molecule has 26 heavy (non-hydrogen) atoms. The highest BCUT2D eigenvalue weighted by Crippen LogP contribution is 2.36. The summed E-state index contributed by atoms with van der Waals surface area (Å²) in [5.41, 5.74) is -0.299. The van der Waals surface area contributed by atoms with Crippen LogP contribution < -0.4 is 5.32 Å². The van der Waals surface area contributed by atoms with E-state index in [4.69, 9.17) is 0 Å². The molecule has 2 amide bonds. The third-order valence-electron chi connectivity index (χ3n) is 5.78. The van der Waals surface area contributed by atoms with Crippen molar-refractivity contribution in [3.8, 4) is 0 Å². The molecule has 9 heteroatoms. The Bertz CT molecular complexity index is 720. The van der Waals surface area contributed by atoms with Gasteiger partial charge >= 0.3 is 6.18 Å². The summed E-state index contributed by atoms with van der Waals surface area (Å²) in [6, 6.07) is -0.0362. The van der Waals surface area contributed by atoms with Crippen LogP contribution in [0, 0.1) is 11.8 Å². The number of aromatic nitrogens is 2. The topological polar surface area (TPSA) is 78.1 Å². The number of aromatic amines is 1. The molecule has 6 nitrogen and oxygen atoms in total. The van der Waals surface area contributed by atoms with E-state index in [2.05, 4.69) is 15.5 Å². The zero-order chi connectivity index (χ0) is 18.5. The molecule has 0 radical (unpaired) electrons. The first-order chi connectivity index (χ1) is 12.3. The SMILES string of the molecule is O=C(NC1CN(C(=O)C2CCc3[nH]nc(C(F)(F)F)c3C2)C1)C1CCC1. The molecule has 1 atom stereocenters. The van der Waals surface area contributed by atoms with Crippen molar-refractivity contribution >= 4 is 11.8 Å². The van der Waals surface area contributed by atoms with Crippen LogP contribution in [0.4, 0.5) is 13.2 Å². The van der Waals surface area contributed by atoms with Gasteiger partial charge in [0.15, 0.2) is 5.69 Å². The van der Waals surface area contributed by atoms with Gasteiger partial charge in [0.05, 0.1) is 6.04 Å². The summed E-state index contributed by atoms with van der Waals surface area (Å²) in [6.45, 7) is 0.885. The smallest absolute Gasteiger partial charge is 0.350 e. The van der Waals surface area contributed by atoms with Gasteiger partial charge in [-0.15, -0.1) is 0 Å². The Morgan fingerprint density at radius 3 is 2.50 bits per heavy atom. The molecule has 2 N–H and O–H groups in total. The van der Waals surface area contributed by atoms with E-state index >= 15 is 0 Å². The number of H-pyrrole nitrogens is 1. The Morgan fingerprint density at radius 2 is 1.88 bits per heavy atom. The van der Waals surface area contributed by atoms with Crippen LogP contribution in [0.2, 0.25) is 0 Å². The van der Waals surface area contributed by atoms with Crippen molar-refractivity contribution in [2.24, 2.45) is 11.8 Å². The Kier molecular flexibility index (Phi) is 4.19. The lowest BCUT2D eigenvalue weighted by atomic mass is 9.84. The molecule has 1 aromatic rings.